The van der Waals surface area contributed by atoms with Gasteiger partial charge in [-0.05, 0) is 144 Å². The first-order valence-electron chi connectivity index (χ1n) is 25.5. The summed E-state index contributed by atoms with van der Waals surface area (Å²) in [5.41, 5.74) is 13.3. The molecule has 2 unspecified atom stereocenters. The number of benzene rings is 10. The Hall–Kier alpha value is -8.06. The largest absolute Gasteiger partial charge is 0.332 e. The topological polar surface area (TPSA) is 6.48 Å². The maximum absolute atomic E-state index is 2.50. The van der Waals surface area contributed by atoms with Crippen molar-refractivity contribution in [2.75, 3.05) is 9.80 Å². The number of hydrogen-bond acceptors (Lipinski definition) is 5. The number of fused-ring (bicyclic) bond motifs is 9. The van der Waals surface area contributed by atoms with Gasteiger partial charge in [0.25, 0.3) is 0 Å². The molecule has 5 heteroatoms. The zero-order valence-corrected chi connectivity index (χ0v) is 43.3. The van der Waals surface area contributed by atoms with Crippen LogP contribution >= 0.6 is 34.0 Å². The number of rotatable bonds is 11. The van der Waals surface area contributed by atoms with Gasteiger partial charge in [-0.25, -0.2) is 0 Å². The number of para-hydroxylation sites is 2. The molecule has 0 spiro atoms. The van der Waals surface area contributed by atoms with Gasteiger partial charge in [-0.1, -0.05) is 158 Å². The van der Waals surface area contributed by atoms with Gasteiger partial charge in [-0.15, -0.1) is 34.0 Å². The summed E-state index contributed by atoms with van der Waals surface area (Å²) in [4.78, 5) is 6.37. The molecule has 2 atom stereocenters. The Bertz CT molecular complexity index is 4170. The van der Waals surface area contributed by atoms with Crippen molar-refractivity contribution >= 4 is 119 Å². The van der Waals surface area contributed by atoms with E-state index in [1.165, 1.54) is 100 Å². The molecule has 3 aromatic heterocycles. The minimum absolute atomic E-state index is 0.214. The molecule has 2 nitrogen and oxygen atoms in total. The van der Waals surface area contributed by atoms with Gasteiger partial charge in [0.15, 0.2) is 0 Å². The maximum atomic E-state index is 2.50. The van der Waals surface area contributed by atoms with Crippen LogP contribution in [0, 0.1) is 0 Å². The molecule has 10 aromatic carbocycles. The predicted octanol–water partition coefficient (Wildman–Crippen LogP) is 20.3. The summed E-state index contributed by atoms with van der Waals surface area (Å²) < 4.78 is 6.61. The van der Waals surface area contributed by atoms with Crippen molar-refractivity contribution in [1.82, 2.24) is 0 Å². The van der Waals surface area contributed by atoms with E-state index in [1.807, 2.05) is 34.0 Å². The fourth-order valence-electron chi connectivity index (χ4n) is 11.6. The van der Waals surface area contributed by atoms with Crippen LogP contribution in [0.5, 0.6) is 0 Å². The molecule has 3 heterocycles. The highest BCUT2D eigenvalue weighted by Gasteiger charge is 2.35. The fourth-order valence-corrected chi connectivity index (χ4v) is 15.1. The van der Waals surface area contributed by atoms with Crippen molar-refractivity contribution in [3.8, 4) is 11.1 Å². The Morgan fingerprint density at radius 2 is 0.946 bits per heavy atom. The monoisotopic (exact) mass is 1000 g/mol. The molecule has 0 amide bonds. The van der Waals surface area contributed by atoms with E-state index in [4.69, 9.17) is 0 Å². The van der Waals surface area contributed by atoms with Crippen molar-refractivity contribution in [2.45, 2.75) is 31.2 Å². The van der Waals surface area contributed by atoms with Crippen molar-refractivity contribution in [2.24, 2.45) is 0 Å². The number of anilines is 5. The second-order valence-corrected chi connectivity index (χ2v) is 23.2. The molecule has 354 valence electrons. The van der Waals surface area contributed by atoms with Crippen LogP contribution in [-0.4, -0.2) is 5.54 Å². The molecule has 0 saturated heterocycles. The van der Waals surface area contributed by atoms with Crippen LogP contribution in [0.1, 0.15) is 40.0 Å². The minimum Gasteiger partial charge on any atom is -0.332 e. The third kappa shape index (κ3) is 8.00. The summed E-state index contributed by atoms with van der Waals surface area (Å²) in [7, 11) is 0. The molecule has 1 aliphatic rings. The van der Waals surface area contributed by atoms with Crippen LogP contribution in [-0.2, 0) is 12.8 Å². The number of thiophene rings is 3. The lowest BCUT2D eigenvalue weighted by Gasteiger charge is -2.42. The number of hydrogen-bond donors (Lipinski definition) is 0. The quantitative estimate of drug-likeness (QED) is 0.127. The van der Waals surface area contributed by atoms with E-state index in [-0.39, 0.29) is 11.5 Å². The molecule has 1 aliphatic carbocycles. The maximum Gasteiger partial charge on any atom is 0.0657 e. The average Bonchev–Trinajstić information content (AvgIpc) is 4.13. The Labute approximate surface area is 444 Å². The van der Waals surface area contributed by atoms with Gasteiger partial charge < -0.3 is 9.80 Å². The van der Waals surface area contributed by atoms with Gasteiger partial charge in [0.05, 0.1) is 5.54 Å². The van der Waals surface area contributed by atoms with Crippen LogP contribution in [0.2, 0.25) is 0 Å². The highest BCUT2D eigenvalue weighted by Crippen LogP contribution is 2.48. The van der Waals surface area contributed by atoms with Crippen LogP contribution in [0.15, 0.2) is 249 Å². The van der Waals surface area contributed by atoms with Crippen molar-refractivity contribution in [3.63, 3.8) is 0 Å². The van der Waals surface area contributed by atoms with Crippen LogP contribution in [0.4, 0.5) is 28.4 Å². The summed E-state index contributed by atoms with van der Waals surface area (Å²) in [6, 6.07) is 89.9. The minimum atomic E-state index is -0.261. The van der Waals surface area contributed by atoms with Gasteiger partial charge in [-0.2, -0.15) is 0 Å². The van der Waals surface area contributed by atoms with E-state index < -0.39 is 0 Å². The average molecular weight is 1000 g/mol. The standard InChI is InChI=1S/C69H50N2S3/c1-69(71(52-20-10-4-11-21-52)53-22-12-5-13-23-53)39-38-58-62-44-55(33-37-66(62)74-68(58)45-69)70(51-30-27-48(28-31-51)47-16-6-2-7-17-47)54-32-36-65-61(43-54)57-34-29-50(42-67(57)73-65)59(49-18-8-3-9-19-49)40-46-26-35-64-60(41-46)56-24-14-15-25-63(56)72-64/h2-39,41-44,59H,40,45H2,1H3. The predicted molar refractivity (Wildman–Crippen MR) is 322 cm³/mol. The normalized spacial score (nSPS) is 14.8. The summed E-state index contributed by atoms with van der Waals surface area (Å²) in [5, 5.41) is 6.58. The molecule has 0 bridgehead atoms. The van der Waals surface area contributed by atoms with Gasteiger partial charge in [-0.3, -0.25) is 0 Å². The molecule has 13 aromatic rings. The smallest absolute Gasteiger partial charge is 0.0657 e. The summed E-state index contributed by atoms with van der Waals surface area (Å²) in [6.45, 7) is 2.38. The summed E-state index contributed by atoms with van der Waals surface area (Å²) in [6.07, 6.45) is 6.65. The Balaban J connectivity index is 0.847. The highest BCUT2D eigenvalue weighted by atomic mass is 32.1. The lowest BCUT2D eigenvalue weighted by Crippen LogP contribution is -2.44. The number of nitrogens with zero attached hydrogens (tertiary/aromatic N) is 2. The first kappa shape index (κ1) is 44.6. The third-order valence-electron chi connectivity index (χ3n) is 15.2. The molecule has 0 N–H and O–H groups in total. The van der Waals surface area contributed by atoms with Gasteiger partial charge in [0, 0.05) is 96.1 Å². The van der Waals surface area contributed by atoms with E-state index in [1.54, 1.807) is 0 Å². The van der Waals surface area contributed by atoms with E-state index in [0.717, 1.165) is 29.9 Å². The van der Waals surface area contributed by atoms with Crippen LogP contribution in [0.3, 0.4) is 0 Å². The second-order valence-electron chi connectivity index (χ2n) is 19.9. The Morgan fingerprint density at radius 1 is 0.405 bits per heavy atom. The van der Waals surface area contributed by atoms with Crippen molar-refractivity contribution in [3.05, 3.63) is 276 Å². The van der Waals surface area contributed by atoms with Crippen LogP contribution in [0.25, 0.3) is 67.6 Å². The zero-order chi connectivity index (χ0) is 49.2. The van der Waals surface area contributed by atoms with Crippen molar-refractivity contribution in [1.29, 1.82) is 0 Å². The van der Waals surface area contributed by atoms with E-state index in [2.05, 4.69) is 272 Å². The van der Waals surface area contributed by atoms with E-state index in [0.29, 0.717) is 0 Å². The summed E-state index contributed by atoms with van der Waals surface area (Å²) in [5.74, 6) is 0.214. The highest BCUT2D eigenvalue weighted by molar-refractivity contribution is 7.26. The Morgan fingerprint density at radius 3 is 1.66 bits per heavy atom. The Kier molecular flexibility index (Phi) is 11.1. The second kappa shape index (κ2) is 18.5. The molecule has 0 saturated carbocycles. The first-order valence-corrected chi connectivity index (χ1v) is 28.0. The molecule has 0 radical (unpaired) electrons. The summed E-state index contributed by atoms with van der Waals surface area (Å²) >= 11 is 5.72. The molecule has 0 aliphatic heterocycles. The lowest BCUT2D eigenvalue weighted by atomic mass is 9.85. The first-order chi connectivity index (χ1) is 36.5. The van der Waals surface area contributed by atoms with E-state index in [9.17, 15) is 0 Å². The lowest BCUT2D eigenvalue weighted by molar-refractivity contribution is 0.565. The molecule has 74 heavy (non-hydrogen) atoms. The SMILES string of the molecule is CC1(N(c2ccccc2)c2ccccc2)C=Cc2c(sc3ccc(N(c4ccc(-c5ccccc5)cc4)c4ccc5sc6cc(C(Cc7ccc8sc9ccccc9c8c7)c7ccccc7)ccc6c5c4)cc23)C1. The van der Waals surface area contributed by atoms with Gasteiger partial charge in [0.1, 0.15) is 0 Å². The molecular weight excluding hydrogens is 953 g/mol. The molecule has 14 rings (SSSR count). The molecular formula is C69H50N2S3. The van der Waals surface area contributed by atoms with Crippen molar-refractivity contribution < 1.29 is 0 Å². The molecule has 0 fully saturated rings. The van der Waals surface area contributed by atoms with Crippen LogP contribution < -0.4 is 9.80 Å². The van der Waals surface area contributed by atoms with Gasteiger partial charge >= 0.3 is 0 Å². The third-order valence-corrected chi connectivity index (χ3v) is 18.6. The van der Waals surface area contributed by atoms with E-state index >= 15 is 0 Å². The van der Waals surface area contributed by atoms with Gasteiger partial charge in [0.2, 0.25) is 0 Å². The fraction of sp³-hybridized carbons (Fsp3) is 0.0725. The zero-order valence-electron chi connectivity index (χ0n) is 40.9.